The number of H-pyrrole nitrogens is 1. The molecule has 19 heavy (non-hydrogen) atoms. The van der Waals surface area contributed by atoms with Crippen LogP contribution in [0.1, 0.15) is 21.7 Å². The summed E-state index contributed by atoms with van der Waals surface area (Å²) in [5, 5.41) is 7.59. The van der Waals surface area contributed by atoms with Crippen molar-refractivity contribution < 1.29 is 9.32 Å². The Morgan fingerprint density at radius 3 is 3.11 bits per heavy atom. The van der Waals surface area contributed by atoms with Gasteiger partial charge in [-0.05, 0) is 24.6 Å². The Bertz CT molecular complexity index is 727. The van der Waals surface area contributed by atoms with Crippen LogP contribution in [0.4, 0.5) is 0 Å². The third-order valence-corrected chi connectivity index (χ3v) is 3.12. The molecule has 1 amide bonds. The first-order chi connectivity index (χ1) is 9.25. The van der Waals surface area contributed by atoms with Gasteiger partial charge >= 0.3 is 0 Å². The lowest BCUT2D eigenvalue weighted by molar-refractivity contribution is 0.0949. The SMILES string of the molecule is Cc1oncc1C(=O)NCc1cccc2[nH]ccc12. The van der Waals surface area contributed by atoms with Gasteiger partial charge in [-0.3, -0.25) is 4.79 Å². The Labute approximate surface area is 109 Å². The average Bonchev–Trinajstić information content (AvgIpc) is 3.04. The Morgan fingerprint density at radius 2 is 2.32 bits per heavy atom. The molecule has 5 heteroatoms. The molecule has 2 N–H and O–H groups in total. The maximum atomic E-state index is 12.0. The molecule has 2 heterocycles. The molecule has 3 rings (SSSR count). The van der Waals surface area contributed by atoms with Crippen molar-refractivity contribution in [2.24, 2.45) is 0 Å². The van der Waals surface area contributed by atoms with E-state index in [0.717, 1.165) is 16.5 Å². The number of amides is 1. The maximum absolute atomic E-state index is 12.0. The standard InChI is InChI=1S/C14H13N3O2/c1-9-12(8-17-19-9)14(18)16-7-10-3-2-4-13-11(10)5-6-15-13/h2-6,8,15H,7H2,1H3,(H,16,18). The number of rotatable bonds is 3. The number of benzene rings is 1. The summed E-state index contributed by atoms with van der Waals surface area (Å²) in [6.45, 7) is 2.19. The molecule has 0 saturated carbocycles. The zero-order valence-corrected chi connectivity index (χ0v) is 10.4. The topological polar surface area (TPSA) is 70.9 Å². The third-order valence-electron chi connectivity index (χ3n) is 3.12. The van der Waals surface area contributed by atoms with Gasteiger partial charge < -0.3 is 14.8 Å². The number of nitrogens with one attached hydrogen (secondary N) is 2. The minimum atomic E-state index is -0.175. The Balaban J connectivity index is 1.78. The zero-order chi connectivity index (χ0) is 13.2. The fourth-order valence-corrected chi connectivity index (χ4v) is 2.09. The van der Waals surface area contributed by atoms with Crippen LogP contribution in [-0.2, 0) is 6.54 Å². The molecule has 0 fully saturated rings. The van der Waals surface area contributed by atoms with Crippen LogP contribution in [0.25, 0.3) is 10.9 Å². The summed E-state index contributed by atoms with van der Waals surface area (Å²) in [6, 6.07) is 7.97. The second-order valence-electron chi connectivity index (χ2n) is 4.33. The second-order valence-corrected chi connectivity index (χ2v) is 4.33. The summed E-state index contributed by atoms with van der Waals surface area (Å²) >= 11 is 0. The maximum Gasteiger partial charge on any atom is 0.256 e. The van der Waals surface area contributed by atoms with Gasteiger partial charge in [-0.25, -0.2) is 0 Å². The lowest BCUT2D eigenvalue weighted by atomic mass is 10.1. The van der Waals surface area contributed by atoms with Crippen LogP contribution >= 0.6 is 0 Å². The zero-order valence-electron chi connectivity index (χ0n) is 10.4. The predicted molar refractivity (Wildman–Crippen MR) is 70.7 cm³/mol. The van der Waals surface area contributed by atoms with Gasteiger partial charge in [-0.2, -0.15) is 0 Å². The van der Waals surface area contributed by atoms with E-state index in [1.54, 1.807) is 6.92 Å². The molecule has 0 aliphatic rings. The summed E-state index contributed by atoms with van der Waals surface area (Å²) in [6.07, 6.45) is 3.32. The molecule has 0 saturated heterocycles. The Kier molecular flexibility index (Phi) is 2.79. The lowest BCUT2D eigenvalue weighted by Crippen LogP contribution is -2.23. The molecule has 0 bridgehead atoms. The van der Waals surface area contributed by atoms with Gasteiger partial charge in [0.15, 0.2) is 0 Å². The van der Waals surface area contributed by atoms with E-state index in [2.05, 4.69) is 15.5 Å². The highest BCUT2D eigenvalue weighted by Crippen LogP contribution is 2.17. The van der Waals surface area contributed by atoms with E-state index in [-0.39, 0.29) is 5.91 Å². The number of carbonyl (C=O) groups is 1. The molecular weight excluding hydrogens is 242 g/mol. The molecule has 5 nitrogen and oxygen atoms in total. The summed E-state index contributed by atoms with van der Waals surface area (Å²) in [5.41, 5.74) is 2.61. The fourth-order valence-electron chi connectivity index (χ4n) is 2.09. The Morgan fingerprint density at radius 1 is 1.42 bits per heavy atom. The summed E-state index contributed by atoms with van der Waals surface area (Å²) in [4.78, 5) is 15.1. The smallest absolute Gasteiger partial charge is 0.256 e. The summed E-state index contributed by atoms with van der Waals surface area (Å²) < 4.78 is 4.88. The fraction of sp³-hybridized carbons (Fsp3) is 0.143. The van der Waals surface area contributed by atoms with Crippen LogP contribution in [0.15, 0.2) is 41.2 Å². The largest absolute Gasteiger partial charge is 0.361 e. The first kappa shape index (κ1) is 11.5. The van der Waals surface area contributed by atoms with Gasteiger partial charge in [0.05, 0.1) is 6.20 Å². The summed E-state index contributed by atoms with van der Waals surface area (Å²) in [7, 11) is 0. The molecule has 0 unspecified atom stereocenters. The quantitative estimate of drug-likeness (QED) is 0.755. The predicted octanol–water partition coefficient (Wildman–Crippen LogP) is 2.39. The van der Waals surface area contributed by atoms with E-state index in [0.29, 0.717) is 17.9 Å². The summed E-state index contributed by atoms with van der Waals surface area (Å²) in [5.74, 6) is 0.351. The molecule has 0 radical (unpaired) electrons. The molecule has 2 aromatic heterocycles. The van der Waals surface area contributed by atoms with Gasteiger partial charge in [0.25, 0.3) is 5.91 Å². The highest BCUT2D eigenvalue weighted by Gasteiger charge is 2.12. The van der Waals surface area contributed by atoms with Crippen LogP contribution in [0.2, 0.25) is 0 Å². The molecule has 1 aromatic carbocycles. The van der Waals surface area contributed by atoms with Crippen molar-refractivity contribution in [3.63, 3.8) is 0 Å². The third kappa shape index (κ3) is 2.10. The number of carbonyl (C=O) groups excluding carboxylic acids is 1. The van der Waals surface area contributed by atoms with Gasteiger partial charge in [0, 0.05) is 23.6 Å². The van der Waals surface area contributed by atoms with Gasteiger partial charge in [0.2, 0.25) is 0 Å². The number of aryl methyl sites for hydroxylation is 1. The van der Waals surface area contributed by atoms with Crippen molar-refractivity contribution in [3.8, 4) is 0 Å². The number of hydrogen-bond acceptors (Lipinski definition) is 3. The minimum Gasteiger partial charge on any atom is -0.361 e. The number of nitrogens with zero attached hydrogens (tertiary/aromatic N) is 1. The number of fused-ring (bicyclic) bond motifs is 1. The van der Waals surface area contributed by atoms with Crippen LogP contribution in [0.5, 0.6) is 0 Å². The van der Waals surface area contributed by atoms with E-state index >= 15 is 0 Å². The molecule has 0 atom stereocenters. The number of hydrogen-bond donors (Lipinski definition) is 2. The minimum absolute atomic E-state index is 0.175. The highest BCUT2D eigenvalue weighted by atomic mass is 16.5. The van der Waals surface area contributed by atoms with Crippen molar-refractivity contribution in [3.05, 3.63) is 53.5 Å². The first-order valence-corrected chi connectivity index (χ1v) is 6.00. The number of aromatic nitrogens is 2. The van der Waals surface area contributed by atoms with Gasteiger partial charge in [-0.15, -0.1) is 0 Å². The average molecular weight is 255 g/mol. The Hall–Kier alpha value is -2.56. The monoisotopic (exact) mass is 255 g/mol. The molecular formula is C14H13N3O2. The van der Waals surface area contributed by atoms with E-state index in [1.165, 1.54) is 6.20 Å². The van der Waals surface area contributed by atoms with E-state index < -0.39 is 0 Å². The van der Waals surface area contributed by atoms with Gasteiger partial charge in [0.1, 0.15) is 11.3 Å². The second kappa shape index (κ2) is 4.61. The van der Waals surface area contributed by atoms with E-state index in [4.69, 9.17) is 4.52 Å². The normalized spacial score (nSPS) is 10.8. The van der Waals surface area contributed by atoms with Crippen molar-refractivity contribution in [2.75, 3.05) is 0 Å². The molecule has 96 valence electrons. The molecule has 0 spiro atoms. The molecule has 0 aliphatic heterocycles. The van der Waals surface area contributed by atoms with Crippen LogP contribution in [0, 0.1) is 6.92 Å². The van der Waals surface area contributed by atoms with Crippen molar-refractivity contribution >= 4 is 16.8 Å². The number of aromatic amines is 1. The van der Waals surface area contributed by atoms with Crippen molar-refractivity contribution in [2.45, 2.75) is 13.5 Å². The van der Waals surface area contributed by atoms with Crippen molar-refractivity contribution in [1.29, 1.82) is 0 Å². The highest BCUT2D eigenvalue weighted by molar-refractivity contribution is 5.95. The van der Waals surface area contributed by atoms with E-state index in [9.17, 15) is 4.79 Å². The lowest BCUT2D eigenvalue weighted by Gasteiger charge is -2.05. The van der Waals surface area contributed by atoms with Gasteiger partial charge in [-0.1, -0.05) is 17.3 Å². The van der Waals surface area contributed by atoms with Crippen LogP contribution < -0.4 is 5.32 Å². The van der Waals surface area contributed by atoms with Crippen LogP contribution in [-0.4, -0.2) is 16.0 Å². The first-order valence-electron chi connectivity index (χ1n) is 6.00. The molecule has 0 aliphatic carbocycles. The van der Waals surface area contributed by atoms with Crippen molar-refractivity contribution in [1.82, 2.24) is 15.5 Å². The van der Waals surface area contributed by atoms with E-state index in [1.807, 2.05) is 30.5 Å². The van der Waals surface area contributed by atoms with Crippen LogP contribution in [0.3, 0.4) is 0 Å². The molecule has 3 aromatic rings.